The van der Waals surface area contributed by atoms with Crippen molar-refractivity contribution in [3.8, 4) is 0 Å². The Labute approximate surface area is 201 Å². The van der Waals surface area contributed by atoms with Crippen LogP contribution in [0.2, 0.25) is 0 Å². The summed E-state index contributed by atoms with van der Waals surface area (Å²) in [5.74, 6) is -0.449. The SMILES string of the molecule is CC(=O)N[C@@H]1C(=O)N2C(C(=O)OC(c3ccccc3)c3ccccc3)=C(/C=C/CCl)CS[C@@H]12. The number of fused-ring (bicyclic) bond motifs is 1. The Morgan fingerprint density at radius 1 is 1.15 bits per heavy atom. The number of allylic oxidation sites excluding steroid dienone is 2. The van der Waals surface area contributed by atoms with Gasteiger partial charge in [-0.1, -0.05) is 72.8 Å². The van der Waals surface area contributed by atoms with Gasteiger partial charge in [-0.2, -0.15) is 0 Å². The average Bonchev–Trinajstić information content (AvgIpc) is 2.84. The Balaban J connectivity index is 1.68. The lowest BCUT2D eigenvalue weighted by Crippen LogP contribution is -2.70. The zero-order valence-corrected chi connectivity index (χ0v) is 19.5. The van der Waals surface area contributed by atoms with Crippen molar-refractivity contribution in [2.75, 3.05) is 11.6 Å². The molecule has 0 aliphatic carbocycles. The van der Waals surface area contributed by atoms with Crippen LogP contribution in [0.3, 0.4) is 0 Å². The van der Waals surface area contributed by atoms with Gasteiger partial charge in [-0.25, -0.2) is 4.79 Å². The molecule has 2 atom stereocenters. The molecule has 1 N–H and O–H groups in total. The largest absolute Gasteiger partial charge is 0.448 e. The lowest BCUT2D eigenvalue weighted by molar-refractivity contribution is -0.154. The van der Waals surface area contributed by atoms with Gasteiger partial charge in [-0.15, -0.1) is 23.4 Å². The summed E-state index contributed by atoms with van der Waals surface area (Å²) in [7, 11) is 0. The van der Waals surface area contributed by atoms with Crippen molar-refractivity contribution >= 4 is 41.1 Å². The van der Waals surface area contributed by atoms with Gasteiger partial charge in [0.15, 0.2) is 6.10 Å². The van der Waals surface area contributed by atoms with Crippen LogP contribution in [0.4, 0.5) is 0 Å². The van der Waals surface area contributed by atoms with Gasteiger partial charge in [0.25, 0.3) is 5.91 Å². The third kappa shape index (κ3) is 4.84. The number of carbonyl (C=O) groups is 3. The van der Waals surface area contributed by atoms with Crippen molar-refractivity contribution < 1.29 is 19.1 Å². The maximum Gasteiger partial charge on any atom is 0.356 e. The van der Waals surface area contributed by atoms with Gasteiger partial charge in [0.05, 0.1) is 0 Å². The highest BCUT2D eigenvalue weighted by Gasteiger charge is 2.54. The number of ether oxygens (including phenoxy) is 1. The number of alkyl halides is 1. The van der Waals surface area contributed by atoms with Gasteiger partial charge in [-0.3, -0.25) is 14.5 Å². The van der Waals surface area contributed by atoms with Crippen molar-refractivity contribution in [3.63, 3.8) is 0 Å². The normalized spacial score (nSPS) is 20.0. The number of thioether (sulfide) groups is 1. The topological polar surface area (TPSA) is 75.7 Å². The summed E-state index contributed by atoms with van der Waals surface area (Å²) in [6.45, 7) is 1.37. The van der Waals surface area contributed by atoms with Crippen LogP contribution >= 0.6 is 23.4 Å². The molecule has 2 aliphatic rings. The van der Waals surface area contributed by atoms with E-state index in [0.29, 0.717) is 11.3 Å². The number of β-lactam (4-membered cyclic amide) rings is 1. The van der Waals surface area contributed by atoms with Crippen molar-refractivity contribution in [1.29, 1.82) is 0 Å². The minimum atomic E-state index is -0.659. The number of hydrogen-bond donors (Lipinski definition) is 1. The van der Waals surface area contributed by atoms with Crippen LogP contribution in [0.5, 0.6) is 0 Å². The second-order valence-corrected chi connectivity index (χ2v) is 9.04. The maximum atomic E-state index is 13.6. The molecule has 0 radical (unpaired) electrons. The van der Waals surface area contributed by atoms with E-state index in [4.69, 9.17) is 16.3 Å². The molecule has 2 amide bonds. The fraction of sp³-hybridized carbons (Fsp3) is 0.240. The quantitative estimate of drug-likeness (QED) is 0.369. The van der Waals surface area contributed by atoms with E-state index >= 15 is 0 Å². The summed E-state index contributed by atoms with van der Waals surface area (Å²) < 4.78 is 6.04. The molecule has 0 bridgehead atoms. The molecule has 1 saturated heterocycles. The molecule has 2 heterocycles. The van der Waals surface area contributed by atoms with Crippen molar-refractivity contribution in [1.82, 2.24) is 10.2 Å². The minimum absolute atomic E-state index is 0.198. The molecule has 4 rings (SSSR count). The highest BCUT2D eigenvalue weighted by atomic mass is 35.5. The summed E-state index contributed by atoms with van der Waals surface area (Å²) in [5.41, 5.74) is 2.51. The van der Waals surface area contributed by atoms with E-state index in [1.165, 1.54) is 23.6 Å². The Bertz CT molecular complexity index is 1060. The van der Waals surface area contributed by atoms with Crippen LogP contribution in [-0.4, -0.2) is 45.7 Å². The molecule has 33 heavy (non-hydrogen) atoms. The van der Waals surface area contributed by atoms with E-state index in [1.807, 2.05) is 60.7 Å². The lowest BCUT2D eigenvalue weighted by atomic mass is 10.0. The molecule has 0 unspecified atom stereocenters. The molecule has 8 heteroatoms. The third-order valence-corrected chi connectivity index (χ3v) is 6.87. The van der Waals surface area contributed by atoms with E-state index in [2.05, 4.69) is 5.32 Å². The number of carbonyl (C=O) groups excluding carboxylic acids is 3. The van der Waals surface area contributed by atoms with Crippen LogP contribution in [-0.2, 0) is 19.1 Å². The Hall–Kier alpha value is -3.03. The highest BCUT2D eigenvalue weighted by Crippen LogP contribution is 2.42. The average molecular weight is 483 g/mol. The summed E-state index contributed by atoms with van der Waals surface area (Å²) >= 11 is 7.31. The Morgan fingerprint density at radius 2 is 1.76 bits per heavy atom. The van der Waals surface area contributed by atoms with Crippen molar-refractivity contribution in [2.45, 2.75) is 24.4 Å². The van der Waals surface area contributed by atoms with E-state index < -0.39 is 18.1 Å². The molecule has 0 spiro atoms. The number of esters is 1. The summed E-state index contributed by atoms with van der Waals surface area (Å²) in [4.78, 5) is 39.4. The summed E-state index contributed by atoms with van der Waals surface area (Å²) in [6.07, 6.45) is 2.85. The monoisotopic (exact) mass is 482 g/mol. The molecule has 1 fully saturated rings. The molecular weight excluding hydrogens is 460 g/mol. The smallest absolute Gasteiger partial charge is 0.356 e. The van der Waals surface area contributed by atoms with Crippen LogP contribution in [0.1, 0.15) is 24.2 Å². The van der Waals surface area contributed by atoms with Gasteiger partial charge in [0.2, 0.25) is 5.91 Å². The predicted octanol–water partition coefficient (Wildman–Crippen LogP) is 3.79. The Kier molecular flexibility index (Phi) is 7.20. The van der Waals surface area contributed by atoms with Crippen molar-refractivity contribution in [2.24, 2.45) is 0 Å². The predicted molar refractivity (Wildman–Crippen MR) is 128 cm³/mol. The molecule has 2 aromatic rings. The van der Waals surface area contributed by atoms with E-state index in [9.17, 15) is 14.4 Å². The van der Waals surface area contributed by atoms with Gasteiger partial charge in [0.1, 0.15) is 17.1 Å². The van der Waals surface area contributed by atoms with Crippen LogP contribution in [0.15, 0.2) is 84.1 Å². The fourth-order valence-electron chi connectivity index (χ4n) is 3.91. The standard InChI is InChI=1S/C25H23ClN2O4S/c1-16(29)27-20-23(30)28-21(19(13-8-14-26)15-33-24(20)28)25(31)32-22(17-9-4-2-5-10-17)18-11-6-3-7-12-18/h2-13,20,22,24H,14-15H2,1H3,(H,27,29)/b13-8+/t20-,24+/m1/s1. The number of halogens is 1. The summed E-state index contributed by atoms with van der Waals surface area (Å²) in [6, 6.07) is 18.3. The molecule has 2 aromatic carbocycles. The first-order chi connectivity index (χ1) is 16.0. The first-order valence-corrected chi connectivity index (χ1v) is 12.1. The summed E-state index contributed by atoms with van der Waals surface area (Å²) in [5, 5.41) is 2.32. The van der Waals surface area contributed by atoms with Gasteiger partial charge in [-0.05, 0) is 16.7 Å². The number of nitrogens with zero attached hydrogens (tertiary/aromatic N) is 1. The van der Waals surface area contributed by atoms with E-state index in [-0.39, 0.29) is 28.8 Å². The fourth-order valence-corrected chi connectivity index (χ4v) is 5.32. The molecule has 0 saturated carbocycles. The van der Waals surface area contributed by atoms with Crippen molar-refractivity contribution in [3.05, 3.63) is 95.2 Å². The zero-order valence-electron chi connectivity index (χ0n) is 17.9. The second-order valence-electron chi connectivity index (χ2n) is 7.63. The lowest BCUT2D eigenvalue weighted by Gasteiger charge is -2.49. The molecule has 2 aliphatic heterocycles. The molecule has 6 nitrogen and oxygen atoms in total. The number of amides is 2. The molecule has 0 aromatic heterocycles. The first-order valence-electron chi connectivity index (χ1n) is 10.5. The van der Waals surface area contributed by atoms with E-state index in [1.54, 1.807) is 12.2 Å². The first kappa shape index (κ1) is 23.1. The number of nitrogens with one attached hydrogen (secondary N) is 1. The number of benzene rings is 2. The van der Waals surface area contributed by atoms with Gasteiger partial charge in [0, 0.05) is 18.6 Å². The number of hydrogen-bond acceptors (Lipinski definition) is 5. The zero-order chi connectivity index (χ0) is 23.4. The van der Waals surface area contributed by atoms with Crippen LogP contribution in [0, 0.1) is 0 Å². The molecule has 170 valence electrons. The minimum Gasteiger partial charge on any atom is -0.448 e. The Morgan fingerprint density at radius 3 is 2.30 bits per heavy atom. The highest BCUT2D eigenvalue weighted by molar-refractivity contribution is 8.00. The maximum absolute atomic E-state index is 13.6. The number of rotatable bonds is 7. The van der Waals surface area contributed by atoms with Crippen LogP contribution in [0.25, 0.3) is 0 Å². The second kappa shape index (κ2) is 10.3. The molecular formula is C25H23ClN2O4S. The van der Waals surface area contributed by atoms with Crippen LogP contribution < -0.4 is 5.32 Å². The van der Waals surface area contributed by atoms with Gasteiger partial charge >= 0.3 is 5.97 Å². The van der Waals surface area contributed by atoms with E-state index in [0.717, 1.165) is 11.1 Å². The van der Waals surface area contributed by atoms with Gasteiger partial charge < -0.3 is 10.1 Å². The third-order valence-electron chi connectivity index (χ3n) is 5.39.